The first kappa shape index (κ1) is 23.6. The fourth-order valence-corrected chi connectivity index (χ4v) is 6.01. The second kappa shape index (κ2) is 9.46. The highest BCUT2D eigenvalue weighted by Gasteiger charge is 2.52. The van der Waals surface area contributed by atoms with Gasteiger partial charge in [-0.3, -0.25) is 9.78 Å². The second-order valence-corrected chi connectivity index (χ2v) is 10.8. The summed E-state index contributed by atoms with van der Waals surface area (Å²) in [5.74, 6) is 2.06. The van der Waals surface area contributed by atoms with E-state index in [9.17, 15) is 9.90 Å². The van der Waals surface area contributed by atoms with Gasteiger partial charge in [0.25, 0.3) is 5.91 Å². The summed E-state index contributed by atoms with van der Waals surface area (Å²) >= 11 is 0. The number of fused-ring (bicyclic) bond motifs is 2. The third-order valence-electron chi connectivity index (χ3n) is 7.67. The molecule has 0 unspecified atom stereocenters. The number of carbonyl (C=O) groups excluding carboxylic acids is 1. The average molecular weight is 471 g/mol. The van der Waals surface area contributed by atoms with Crippen LogP contribution in [0.25, 0.3) is 0 Å². The number of amides is 1. The molecule has 35 heavy (non-hydrogen) atoms. The van der Waals surface area contributed by atoms with Crippen molar-refractivity contribution in [3.8, 4) is 5.75 Å². The summed E-state index contributed by atoms with van der Waals surface area (Å²) in [6, 6.07) is 22.5. The largest absolute Gasteiger partial charge is 0.487 e. The van der Waals surface area contributed by atoms with Crippen LogP contribution in [0.1, 0.15) is 66.7 Å². The molecule has 5 rings (SSSR count). The zero-order valence-corrected chi connectivity index (χ0v) is 20.5. The van der Waals surface area contributed by atoms with Gasteiger partial charge in [0.2, 0.25) is 0 Å². The van der Waals surface area contributed by atoms with Crippen molar-refractivity contribution < 1.29 is 14.6 Å². The molecule has 2 saturated carbocycles. The van der Waals surface area contributed by atoms with Gasteiger partial charge in [-0.1, -0.05) is 36.8 Å². The molecule has 1 heterocycles. The fraction of sp³-hybridized carbons (Fsp3) is 0.400. The monoisotopic (exact) mass is 470 g/mol. The normalized spacial score (nSPS) is 23.3. The van der Waals surface area contributed by atoms with Crippen LogP contribution in [0.2, 0.25) is 0 Å². The lowest BCUT2D eigenvalue weighted by molar-refractivity contribution is 0.0694. The predicted octanol–water partition coefficient (Wildman–Crippen LogP) is 5.27. The van der Waals surface area contributed by atoms with Crippen molar-refractivity contribution >= 4 is 5.91 Å². The maximum atomic E-state index is 12.6. The molecule has 3 atom stereocenters. The molecule has 5 nitrogen and oxygen atoms in total. The van der Waals surface area contributed by atoms with Gasteiger partial charge in [0.05, 0.1) is 11.3 Å². The van der Waals surface area contributed by atoms with Gasteiger partial charge in [0, 0.05) is 23.7 Å². The van der Waals surface area contributed by atoms with E-state index < -0.39 is 5.60 Å². The van der Waals surface area contributed by atoms with E-state index in [0.717, 1.165) is 23.8 Å². The van der Waals surface area contributed by atoms with Crippen LogP contribution >= 0.6 is 0 Å². The minimum Gasteiger partial charge on any atom is -0.487 e. The highest BCUT2D eigenvalue weighted by atomic mass is 16.5. The highest BCUT2D eigenvalue weighted by Crippen LogP contribution is 2.60. The van der Waals surface area contributed by atoms with Gasteiger partial charge >= 0.3 is 0 Å². The number of nitrogens with one attached hydrogen (secondary N) is 1. The molecule has 0 spiro atoms. The molecular formula is C30H34N2O3. The maximum absolute atomic E-state index is 12.6. The van der Waals surface area contributed by atoms with Crippen LogP contribution in [0.15, 0.2) is 72.9 Å². The van der Waals surface area contributed by atoms with Crippen LogP contribution < -0.4 is 10.1 Å². The van der Waals surface area contributed by atoms with Gasteiger partial charge in [0.15, 0.2) is 0 Å². The summed E-state index contributed by atoms with van der Waals surface area (Å²) in [4.78, 5) is 16.9. The SMILES string of the molecule is CC(C)(O)CNC(=O)c1ccc([C@@]2(c3ccc(OCc4ccccn4)cc3)C[C@@H]3CC[C@H]2C3)cc1. The van der Waals surface area contributed by atoms with Gasteiger partial charge in [-0.05, 0) is 92.5 Å². The summed E-state index contributed by atoms with van der Waals surface area (Å²) in [6.45, 7) is 4.04. The van der Waals surface area contributed by atoms with E-state index in [1.165, 1.54) is 30.4 Å². The van der Waals surface area contributed by atoms with E-state index >= 15 is 0 Å². The quantitative estimate of drug-likeness (QED) is 0.471. The van der Waals surface area contributed by atoms with Crippen molar-refractivity contribution in [2.24, 2.45) is 11.8 Å². The van der Waals surface area contributed by atoms with Gasteiger partial charge in [-0.25, -0.2) is 0 Å². The standard InChI is InChI=1S/C30H34N2O3/c1-29(2,34)20-32-28(33)22-7-10-23(11-8-22)30(18-21-6-9-25(30)17-21)24-12-14-27(15-13-24)35-19-26-5-3-4-16-31-26/h3-5,7-8,10-16,21,25,34H,6,9,17-20H2,1-2H3,(H,32,33)/t21-,25+,30-/m1/s1. The molecule has 2 N–H and O–H groups in total. The molecule has 5 heteroatoms. The zero-order valence-electron chi connectivity index (χ0n) is 20.5. The summed E-state index contributed by atoms with van der Waals surface area (Å²) < 4.78 is 5.97. The highest BCUT2D eigenvalue weighted by molar-refractivity contribution is 5.94. The van der Waals surface area contributed by atoms with Crippen LogP contribution in [-0.4, -0.2) is 28.1 Å². The molecular weight excluding hydrogens is 436 g/mol. The van der Waals surface area contributed by atoms with E-state index in [1.54, 1.807) is 20.0 Å². The lowest BCUT2D eigenvalue weighted by Gasteiger charge is -2.39. The Morgan fingerprint density at radius 1 is 1.06 bits per heavy atom. The van der Waals surface area contributed by atoms with Crippen molar-refractivity contribution in [1.82, 2.24) is 10.3 Å². The first-order valence-corrected chi connectivity index (χ1v) is 12.6. The Morgan fingerprint density at radius 2 is 1.77 bits per heavy atom. The third-order valence-corrected chi connectivity index (χ3v) is 7.67. The molecule has 3 aromatic rings. The minimum absolute atomic E-state index is 0.0233. The molecule has 1 aromatic heterocycles. The minimum atomic E-state index is -0.934. The second-order valence-electron chi connectivity index (χ2n) is 10.8. The molecule has 0 aliphatic heterocycles. The Balaban J connectivity index is 1.36. The van der Waals surface area contributed by atoms with Gasteiger partial charge in [-0.2, -0.15) is 0 Å². The Morgan fingerprint density at radius 3 is 2.34 bits per heavy atom. The summed E-state index contributed by atoms with van der Waals surface area (Å²) in [5.41, 5.74) is 3.18. The van der Waals surface area contributed by atoms with Crippen molar-refractivity contribution in [3.63, 3.8) is 0 Å². The Bertz CT molecular complexity index is 1150. The van der Waals surface area contributed by atoms with Crippen LogP contribution in [0.4, 0.5) is 0 Å². The van der Waals surface area contributed by atoms with E-state index in [-0.39, 0.29) is 17.9 Å². The van der Waals surface area contributed by atoms with Crippen LogP contribution in [-0.2, 0) is 12.0 Å². The van der Waals surface area contributed by atoms with Crippen molar-refractivity contribution in [2.75, 3.05) is 6.54 Å². The van der Waals surface area contributed by atoms with E-state index in [1.807, 2.05) is 30.3 Å². The Kier molecular flexibility index (Phi) is 6.37. The predicted molar refractivity (Wildman–Crippen MR) is 136 cm³/mol. The molecule has 0 radical (unpaired) electrons. The number of pyridine rings is 1. The molecule has 2 aliphatic rings. The van der Waals surface area contributed by atoms with E-state index in [2.05, 4.69) is 46.7 Å². The Hall–Kier alpha value is -3.18. The molecule has 1 amide bonds. The van der Waals surface area contributed by atoms with E-state index in [4.69, 9.17) is 4.74 Å². The van der Waals surface area contributed by atoms with Gasteiger partial charge in [-0.15, -0.1) is 0 Å². The number of carbonyl (C=O) groups is 1. The molecule has 2 bridgehead atoms. The molecule has 2 aliphatic carbocycles. The maximum Gasteiger partial charge on any atom is 0.251 e. The van der Waals surface area contributed by atoms with Gasteiger partial charge < -0.3 is 15.2 Å². The Labute approximate surface area is 207 Å². The zero-order chi connectivity index (χ0) is 24.5. The lowest BCUT2D eigenvalue weighted by Crippen LogP contribution is -2.38. The molecule has 2 fully saturated rings. The van der Waals surface area contributed by atoms with Crippen molar-refractivity contribution in [3.05, 3.63) is 95.3 Å². The lowest BCUT2D eigenvalue weighted by atomic mass is 9.64. The van der Waals surface area contributed by atoms with Crippen LogP contribution in [0, 0.1) is 11.8 Å². The number of benzene rings is 2. The van der Waals surface area contributed by atoms with Gasteiger partial charge in [0.1, 0.15) is 12.4 Å². The van der Waals surface area contributed by atoms with E-state index in [0.29, 0.717) is 18.1 Å². The summed E-state index contributed by atoms with van der Waals surface area (Å²) in [7, 11) is 0. The number of nitrogens with zero attached hydrogens (tertiary/aromatic N) is 1. The number of hydrogen-bond donors (Lipinski definition) is 2. The first-order valence-electron chi connectivity index (χ1n) is 12.6. The average Bonchev–Trinajstić information content (AvgIpc) is 3.49. The molecule has 2 aromatic carbocycles. The first-order chi connectivity index (χ1) is 16.8. The smallest absolute Gasteiger partial charge is 0.251 e. The summed E-state index contributed by atoms with van der Waals surface area (Å²) in [6.07, 6.45) is 6.76. The summed E-state index contributed by atoms with van der Waals surface area (Å²) in [5, 5.41) is 12.7. The fourth-order valence-electron chi connectivity index (χ4n) is 6.01. The van der Waals surface area contributed by atoms with Crippen LogP contribution in [0.3, 0.4) is 0 Å². The topological polar surface area (TPSA) is 71.5 Å². The number of aliphatic hydroxyl groups is 1. The third kappa shape index (κ3) is 4.96. The number of aromatic nitrogens is 1. The molecule has 182 valence electrons. The number of rotatable bonds is 8. The van der Waals surface area contributed by atoms with Crippen LogP contribution in [0.5, 0.6) is 5.75 Å². The van der Waals surface area contributed by atoms with Crippen molar-refractivity contribution in [1.29, 1.82) is 0 Å². The number of hydrogen-bond acceptors (Lipinski definition) is 4. The number of ether oxygens (including phenoxy) is 1. The molecule has 0 saturated heterocycles. The van der Waals surface area contributed by atoms with Crippen molar-refractivity contribution in [2.45, 2.75) is 57.2 Å².